The van der Waals surface area contributed by atoms with Crippen molar-refractivity contribution in [3.05, 3.63) is 0 Å². The third-order valence-electron chi connectivity index (χ3n) is 3.28. The third kappa shape index (κ3) is 4.41. The Hall–Kier alpha value is -0.890. The summed E-state index contributed by atoms with van der Waals surface area (Å²) in [6.07, 6.45) is 2.61. The largest absolute Gasteiger partial charge is 0.353 e. The van der Waals surface area contributed by atoms with E-state index in [1.165, 1.54) is 0 Å². The highest BCUT2D eigenvalue weighted by molar-refractivity contribution is 7.86. The fourth-order valence-electron chi connectivity index (χ4n) is 2.37. The van der Waals surface area contributed by atoms with Gasteiger partial charge in [0.05, 0.1) is 17.2 Å². The molecule has 0 radical (unpaired) electrons. The lowest BCUT2D eigenvalue weighted by Crippen LogP contribution is -2.39. The van der Waals surface area contributed by atoms with E-state index in [1.807, 2.05) is 13.8 Å². The molecule has 4 atom stereocenters. The quantitative estimate of drug-likeness (QED) is 0.843. The van der Waals surface area contributed by atoms with E-state index in [0.717, 1.165) is 19.3 Å². The first-order chi connectivity index (χ1) is 8.43. The zero-order valence-electron chi connectivity index (χ0n) is 11.3. The summed E-state index contributed by atoms with van der Waals surface area (Å²) in [6.45, 7) is 5.87. The van der Waals surface area contributed by atoms with Crippen molar-refractivity contribution in [3.8, 4) is 6.07 Å². The number of nitrogens with one attached hydrogen (secondary N) is 1. The maximum absolute atomic E-state index is 12.2. The number of rotatable bonds is 4. The topological polar surface area (TPSA) is 70.0 Å². The molecule has 0 bridgehead atoms. The molecule has 4 nitrogen and oxygen atoms in total. The molecule has 1 saturated carbocycles. The number of hydrogen-bond acceptors (Lipinski definition) is 3. The Bertz CT molecular complexity index is 362. The van der Waals surface area contributed by atoms with Gasteiger partial charge in [-0.1, -0.05) is 6.92 Å². The Morgan fingerprint density at radius 3 is 2.72 bits per heavy atom. The molecule has 102 valence electrons. The maximum atomic E-state index is 12.2. The minimum absolute atomic E-state index is 0.0216. The van der Waals surface area contributed by atoms with Gasteiger partial charge in [-0.15, -0.1) is 0 Å². The van der Waals surface area contributed by atoms with Gasteiger partial charge in [-0.3, -0.25) is 9.00 Å². The van der Waals surface area contributed by atoms with Gasteiger partial charge < -0.3 is 5.32 Å². The predicted octanol–water partition coefficient (Wildman–Crippen LogP) is 1.59. The highest BCUT2D eigenvalue weighted by Gasteiger charge is 2.33. The van der Waals surface area contributed by atoms with Gasteiger partial charge in [0.1, 0.15) is 5.75 Å². The van der Waals surface area contributed by atoms with Crippen LogP contribution >= 0.6 is 0 Å². The first-order valence-electron chi connectivity index (χ1n) is 6.50. The van der Waals surface area contributed by atoms with Crippen LogP contribution in [0.4, 0.5) is 0 Å². The molecule has 5 heteroatoms. The summed E-state index contributed by atoms with van der Waals surface area (Å²) in [5.74, 6) is 0.178. The van der Waals surface area contributed by atoms with E-state index in [-0.39, 0.29) is 28.9 Å². The monoisotopic (exact) mass is 270 g/mol. The second-order valence-electron chi connectivity index (χ2n) is 5.44. The lowest BCUT2D eigenvalue weighted by molar-refractivity contribution is -0.119. The first-order valence-corrected chi connectivity index (χ1v) is 7.88. The maximum Gasteiger partial charge on any atom is 0.232 e. The Kier molecular flexibility index (Phi) is 5.80. The highest BCUT2D eigenvalue weighted by Crippen LogP contribution is 2.31. The molecular weight excluding hydrogens is 248 g/mol. The van der Waals surface area contributed by atoms with Crippen molar-refractivity contribution >= 4 is 16.7 Å². The van der Waals surface area contributed by atoms with Crippen LogP contribution in [0.1, 0.15) is 40.0 Å². The van der Waals surface area contributed by atoms with Crippen LogP contribution in [-0.4, -0.2) is 27.2 Å². The van der Waals surface area contributed by atoms with Crippen LogP contribution in [0.3, 0.4) is 0 Å². The summed E-state index contributed by atoms with van der Waals surface area (Å²) in [5.41, 5.74) is 0. The van der Waals surface area contributed by atoms with Crippen LogP contribution in [0.5, 0.6) is 0 Å². The average Bonchev–Trinajstić information content (AvgIpc) is 2.27. The smallest absolute Gasteiger partial charge is 0.232 e. The second kappa shape index (κ2) is 6.89. The van der Waals surface area contributed by atoms with E-state index >= 15 is 0 Å². The zero-order valence-corrected chi connectivity index (χ0v) is 12.1. The molecule has 1 fully saturated rings. The van der Waals surface area contributed by atoms with Gasteiger partial charge >= 0.3 is 0 Å². The number of nitrogens with zero attached hydrogens (tertiary/aromatic N) is 1. The van der Waals surface area contributed by atoms with E-state index < -0.39 is 10.8 Å². The Morgan fingerprint density at radius 2 is 2.17 bits per heavy atom. The number of nitriles is 1. The van der Waals surface area contributed by atoms with Crippen molar-refractivity contribution in [2.24, 2.45) is 11.8 Å². The summed E-state index contributed by atoms with van der Waals surface area (Å²) in [7, 11) is -1.24. The predicted molar refractivity (Wildman–Crippen MR) is 72.2 cm³/mol. The highest BCUT2D eigenvalue weighted by atomic mass is 32.2. The summed E-state index contributed by atoms with van der Waals surface area (Å²) >= 11 is 0. The van der Waals surface area contributed by atoms with Gasteiger partial charge in [0.15, 0.2) is 0 Å². The van der Waals surface area contributed by atoms with Crippen molar-refractivity contribution in [1.82, 2.24) is 5.32 Å². The van der Waals surface area contributed by atoms with E-state index in [0.29, 0.717) is 5.92 Å². The molecule has 0 aromatic heterocycles. The standard InChI is InChI=1S/C13H22N2O2S/c1-9(2)15-13(16)8-18(17)12-6-10(3)4-5-11(12)7-14/h9-12H,4-6,8H2,1-3H3,(H,15,16). The van der Waals surface area contributed by atoms with Crippen molar-refractivity contribution < 1.29 is 9.00 Å². The molecule has 1 aliphatic rings. The first kappa shape index (κ1) is 15.2. The molecule has 0 aromatic rings. The SMILES string of the molecule is CC1CCC(C#N)C(S(=O)CC(=O)NC(C)C)C1. The van der Waals surface area contributed by atoms with E-state index in [2.05, 4.69) is 18.3 Å². The Labute approximate surface area is 112 Å². The summed E-state index contributed by atoms with van der Waals surface area (Å²) in [5, 5.41) is 11.7. The van der Waals surface area contributed by atoms with Crippen molar-refractivity contribution in [1.29, 1.82) is 5.26 Å². The fraction of sp³-hybridized carbons (Fsp3) is 0.846. The van der Waals surface area contributed by atoms with Gasteiger partial charge in [0.2, 0.25) is 5.91 Å². The van der Waals surface area contributed by atoms with Gasteiger partial charge in [0.25, 0.3) is 0 Å². The van der Waals surface area contributed by atoms with E-state index in [9.17, 15) is 9.00 Å². The molecule has 18 heavy (non-hydrogen) atoms. The van der Waals surface area contributed by atoms with Crippen LogP contribution in [0, 0.1) is 23.2 Å². The molecule has 1 rings (SSSR count). The number of carbonyl (C=O) groups excluding carboxylic acids is 1. The third-order valence-corrected chi connectivity index (χ3v) is 5.02. The van der Waals surface area contributed by atoms with Crippen LogP contribution in [0.2, 0.25) is 0 Å². The minimum Gasteiger partial charge on any atom is -0.353 e. The molecule has 1 aliphatic carbocycles. The van der Waals surface area contributed by atoms with E-state index in [1.54, 1.807) is 0 Å². The number of amides is 1. The zero-order chi connectivity index (χ0) is 13.7. The molecule has 4 unspecified atom stereocenters. The lowest BCUT2D eigenvalue weighted by Gasteiger charge is -2.30. The van der Waals surface area contributed by atoms with Crippen molar-refractivity contribution in [3.63, 3.8) is 0 Å². The van der Waals surface area contributed by atoms with Crippen molar-refractivity contribution in [2.75, 3.05) is 5.75 Å². The average molecular weight is 270 g/mol. The minimum atomic E-state index is -1.24. The van der Waals surface area contributed by atoms with Gasteiger partial charge in [-0.05, 0) is 39.0 Å². The van der Waals surface area contributed by atoms with Gasteiger partial charge in [0, 0.05) is 16.8 Å². The number of carbonyl (C=O) groups is 1. The summed E-state index contributed by atoms with van der Waals surface area (Å²) in [6, 6.07) is 2.31. The van der Waals surface area contributed by atoms with Crippen molar-refractivity contribution in [2.45, 2.75) is 51.3 Å². The summed E-state index contributed by atoms with van der Waals surface area (Å²) < 4.78 is 12.2. The Balaban J connectivity index is 2.58. The molecule has 0 aromatic carbocycles. The molecule has 1 amide bonds. The molecular formula is C13H22N2O2S. The molecule has 1 N–H and O–H groups in total. The normalized spacial score (nSPS) is 29.6. The fourth-order valence-corrected chi connectivity index (χ4v) is 4.03. The van der Waals surface area contributed by atoms with Crippen LogP contribution in [0.25, 0.3) is 0 Å². The Morgan fingerprint density at radius 1 is 1.50 bits per heavy atom. The molecule has 0 spiro atoms. The van der Waals surface area contributed by atoms with Gasteiger partial charge in [-0.25, -0.2) is 0 Å². The van der Waals surface area contributed by atoms with E-state index in [4.69, 9.17) is 5.26 Å². The lowest BCUT2D eigenvalue weighted by atomic mass is 9.83. The summed E-state index contributed by atoms with van der Waals surface area (Å²) in [4.78, 5) is 11.6. The molecule has 0 heterocycles. The van der Waals surface area contributed by atoms with Crippen LogP contribution < -0.4 is 5.32 Å². The van der Waals surface area contributed by atoms with Crippen LogP contribution in [0.15, 0.2) is 0 Å². The second-order valence-corrected chi connectivity index (χ2v) is 7.10. The van der Waals surface area contributed by atoms with Gasteiger partial charge in [-0.2, -0.15) is 5.26 Å². The number of hydrogen-bond donors (Lipinski definition) is 1. The molecule has 0 saturated heterocycles. The molecule has 0 aliphatic heterocycles. The van der Waals surface area contributed by atoms with Crippen LogP contribution in [-0.2, 0) is 15.6 Å².